The summed E-state index contributed by atoms with van der Waals surface area (Å²) in [7, 11) is 0. The van der Waals surface area contributed by atoms with Gasteiger partial charge in [-0.25, -0.2) is 9.59 Å². The Labute approximate surface area is 218 Å². The first kappa shape index (κ1) is 24.8. The topological polar surface area (TPSA) is 106 Å². The fraction of sp³-hybridized carbons (Fsp3) is 0.286. The van der Waals surface area contributed by atoms with Crippen molar-refractivity contribution in [3.8, 4) is 5.69 Å². The Bertz CT molecular complexity index is 1550. The summed E-state index contributed by atoms with van der Waals surface area (Å²) < 4.78 is 3.36. The number of aromatic carboxylic acids is 1. The number of pyridine rings is 1. The van der Waals surface area contributed by atoms with Crippen LogP contribution in [-0.2, 0) is 6.54 Å². The zero-order chi connectivity index (χ0) is 26.1. The lowest BCUT2D eigenvalue weighted by atomic mass is 9.85. The fourth-order valence-corrected chi connectivity index (χ4v) is 5.32. The summed E-state index contributed by atoms with van der Waals surface area (Å²) in [5.41, 5.74) is 3.14. The predicted octanol–water partition coefficient (Wildman–Crippen LogP) is 4.84. The zero-order valence-corrected chi connectivity index (χ0v) is 21.1. The number of carbonyl (C=O) groups is 2. The number of benzene rings is 2. The highest BCUT2D eigenvalue weighted by Gasteiger charge is 2.26. The maximum Gasteiger partial charge on any atom is 0.335 e. The molecule has 1 amide bonds. The third-order valence-electron chi connectivity index (χ3n) is 7.11. The van der Waals surface area contributed by atoms with Gasteiger partial charge in [0, 0.05) is 18.8 Å². The average Bonchev–Trinajstić information content (AvgIpc) is 3.17. The van der Waals surface area contributed by atoms with E-state index in [1.54, 1.807) is 34.3 Å². The van der Waals surface area contributed by atoms with Gasteiger partial charge in [-0.1, -0.05) is 29.8 Å². The maximum atomic E-state index is 13.6. The van der Waals surface area contributed by atoms with E-state index in [9.17, 15) is 19.5 Å². The van der Waals surface area contributed by atoms with Crippen molar-refractivity contribution in [2.24, 2.45) is 5.92 Å². The number of nitrogens with zero attached hydrogens (tertiary/aromatic N) is 3. The molecule has 0 unspecified atom stereocenters. The third kappa shape index (κ3) is 5.02. The molecule has 0 aliphatic heterocycles. The number of fused-ring (bicyclic) bond motifs is 1. The first-order chi connectivity index (χ1) is 17.8. The molecule has 9 heteroatoms. The molecule has 1 saturated carbocycles. The van der Waals surface area contributed by atoms with Crippen LogP contribution in [0.3, 0.4) is 0 Å². The summed E-state index contributed by atoms with van der Waals surface area (Å²) in [6, 6.07) is 15.7. The van der Waals surface area contributed by atoms with Gasteiger partial charge in [-0.3, -0.25) is 18.9 Å². The minimum atomic E-state index is -1.04. The smallest absolute Gasteiger partial charge is 0.335 e. The Kier molecular flexibility index (Phi) is 6.84. The van der Waals surface area contributed by atoms with Crippen LogP contribution in [-0.4, -0.2) is 37.1 Å². The lowest BCUT2D eigenvalue weighted by Crippen LogP contribution is -2.39. The number of para-hydroxylation sites is 2. The van der Waals surface area contributed by atoms with Crippen molar-refractivity contribution in [1.29, 1.82) is 0 Å². The Morgan fingerprint density at radius 2 is 1.78 bits per heavy atom. The largest absolute Gasteiger partial charge is 0.478 e. The number of hydrogen-bond acceptors (Lipinski definition) is 4. The van der Waals surface area contributed by atoms with Crippen molar-refractivity contribution in [2.45, 2.75) is 45.2 Å². The van der Waals surface area contributed by atoms with Gasteiger partial charge in [-0.2, -0.15) is 0 Å². The highest BCUT2D eigenvalue weighted by Crippen LogP contribution is 2.28. The highest BCUT2D eigenvalue weighted by atomic mass is 35.5. The van der Waals surface area contributed by atoms with Crippen molar-refractivity contribution >= 4 is 34.5 Å². The van der Waals surface area contributed by atoms with Crippen molar-refractivity contribution in [3.63, 3.8) is 0 Å². The molecule has 37 heavy (non-hydrogen) atoms. The van der Waals surface area contributed by atoms with Crippen LogP contribution in [0, 0.1) is 12.8 Å². The van der Waals surface area contributed by atoms with Crippen LogP contribution < -0.4 is 11.0 Å². The number of carbonyl (C=O) groups excluding carboxylic acids is 1. The molecule has 0 radical (unpaired) electrons. The molecule has 2 aromatic heterocycles. The van der Waals surface area contributed by atoms with Crippen LogP contribution in [0.2, 0.25) is 5.02 Å². The first-order valence-electron chi connectivity index (χ1n) is 12.3. The van der Waals surface area contributed by atoms with E-state index in [4.69, 9.17) is 11.6 Å². The molecule has 2 heterocycles. The molecule has 1 aliphatic rings. The second kappa shape index (κ2) is 10.2. The standard InChI is InChI=1S/C28H27ClN4O4/c1-17-23(14-20(29)15-30-17)26(34)31-21-11-9-18(10-12-21)16-32-24-7-2-3-8-25(24)33(28(32)37)22-6-4-5-19(13-22)27(35)36/h2-8,13-15,18,21H,9-12,16H2,1H3,(H,31,34)(H,35,36). The highest BCUT2D eigenvalue weighted by molar-refractivity contribution is 6.30. The van der Waals surface area contributed by atoms with E-state index in [2.05, 4.69) is 10.3 Å². The monoisotopic (exact) mass is 518 g/mol. The lowest BCUT2D eigenvalue weighted by Gasteiger charge is -2.29. The van der Waals surface area contributed by atoms with Gasteiger partial charge in [-0.15, -0.1) is 0 Å². The van der Waals surface area contributed by atoms with Crippen molar-refractivity contribution < 1.29 is 14.7 Å². The maximum absolute atomic E-state index is 13.6. The summed E-state index contributed by atoms with van der Waals surface area (Å²) in [4.78, 5) is 42.0. The van der Waals surface area contributed by atoms with E-state index < -0.39 is 5.97 Å². The molecular weight excluding hydrogens is 492 g/mol. The van der Waals surface area contributed by atoms with E-state index in [0.29, 0.717) is 28.5 Å². The van der Waals surface area contributed by atoms with Crippen LogP contribution in [0.1, 0.15) is 52.1 Å². The molecule has 190 valence electrons. The van der Waals surface area contributed by atoms with Crippen molar-refractivity contribution in [2.75, 3.05) is 0 Å². The van der Waals surface area contributed by atoms with Gasteiger partial charge in [-0.05, 0) is 74.9 Å². The number of halogens is 1. The number of nitrogens with one attached hydrogen (secondary N) is 1. The number of rotatable bonds is 6. The van der Waals surface area contributed by atoms with E-state index >= 15 is 0 Å². The molecular formula is C28H27ClN4O4. The summed E-state index contributed by atoms with van der Waals surface area (Å²) in [5.74, 6) is -0.923. The molecule has 2 aromatic carbocycles. The quantitative estimate of drug-likeness (QED) is 0.380. The van der Waals surface area contributed by atoms with Gasteiger partial charge in [0.25, 0.3) is 5.91 Å². The molecule has 0 atom stereocenters. The first-order valence-corrected chi connectivity index (χ1v) is 12.7. The second-order valence-electron chi connectivity index (χ2n) is 9.55. The summed E-state index contributed by atoms with van der Waals surface area (Å²) in [6.45, 7) is 2.34. The molecule has 5 rings (SSSR count). The summed E-state index contributed by atoms with van der Waals surface area (Å²) >= 11 is 6.02. The average molecular weight is 519 g/mol. The Balaban J connectivity index is 1.33. The van der Waals surface area contributed by atoms with Crippen LogP contribution in [0.5, 0.6) is 0 Å². The third-order valence-corrected chi connectivity index (χ3v) is 7.31. The van der Waals surface area contributed by atoms with Gasteiger partial charge in [0.05, 0.1) is 38.6 Å². The van der Waals surface area contributed by atoms with E-state index in [1.165, 1.54) is 18.3 Å². The second-order valence-corrected chi connectivity index (χ2v) is 9.99. The van der Waals surface area contributed by atoms with Crippen molar-refractivity contribution in [1.82, 2.24) is 19.4 Å². The molecule has 2 N–H and O–H groups in total. The molecule has 0 bridgehead atoms. The Hall–Kier alpha value is -3.91. The van der Waals surface area contributed by atoms with Crippen molar-refractivity contribution in [3.05, 3.63) is 93.1 Å². The van der Waals surface area contributed by atoms with E-state index in [-0.39, 0.29) is 29.1 Å². The minimum absolute atomic E-state index is 0.0546. The molecule has 0 saturated heterocycles. The fourth-order valence-electron chi connectivity index (χ4n) is 5.16. The van der Waals surface area contributed by atoms with Crippen LogP contribution in [0.25, 0.3) is 16.7 Å². The van der Waals surface area contributed by atoms with Crippen LogP contribution >= 0.6 is 11.6 Å². The van der Waals surface area contributed by atoms with Gasteiger partial charge in [0.2, 0.25) is 0 Å². The van der Waals surface area contributed by atoms with Gasteiger partial charge >= 0.3 is 11.7 Å². The number of carboxylic acid groups (broad SMARTS) is 1. The number of carboxylic acids is 1. The molecule has 0 spiro atoms. The number of aromatic nitrogens is 3. The SMILES string of the molecule is Cc1ncc(Cl)cc1C(=O)NC1CCC(Cn2c(=O)n(-c3cccc(C(=O)O)c3)c3ccccc32)CC1. The molecule has 1 fully saturated rings. The number of amides is 1. The number of imidazole rings is 1. The molecule has 1 aliphatic carbocycles. The Morgan fingerprint density at radius 3 is 2.51 bits per heavy atom. The Morgan fingerprint density at radius 1 is 1.05 bits per heavy atom. The van der Waals surface area contributed by atoms with E-state index in [0.717, 1.165) is 36.7 Å². The molecule has 8 nitrogen and oxygen atoms in total. The van der Waals surface area contributed by atoms with Gasteiger partial charge in [0.1, 0.15) is 0 Å². The van der Waals surface area contributed by atoms with Gasteiger partial charge < -0.3 is 10.4 Å². The molecule has 4 aromatic rings. The minimum Gasteiger partial charge on any atom is -0.478 e. The van der Waals surface area contributed by atoms with Crippen LogP contribution in [0.15, 0.2) is 65.6 Å². The normalized spacial score (nSPS) is 17.6. The predicted molar refractivity (Wildman–Crippen MR) is 142 cm³/mol. The van der Waals surface area contributed by atoms with Crippen LogP contribution in [0.4, 0.5) is 0 Å². The number of hydrogen-bond donors (Lipinski definition) is 2. The van der Waals surface area contributed by atoms with Gasteiger partial charge in [0.15, 0.2) is 0 Å². The van der Waals surface area contributed by atoms with E-state index in [1.807, 2.05) is 24.3 Å². The summed E-state index contributed by atoms with van der Waals surface area (Å²) in [5, 5.41) is 12.9. The zero-order valence-electron chi connectivity index (χ0n) is 20.4. The summed E-state index contributed by atoms with van der Waals surface area (Å²) in [6.07, 6.45) is 4.91. The number of aryl methyl sites for hydroxylation is 1. The lowest BCUT2D eigenvalue weighted by molar-refractivity contribution is 0.0696.